The number of hydrogen-bond donors (Lipinski definition) is 1. The number of pyridine rings is 1. The fourth-order valence-corrected chi connectivity index (χ4v) is 4.84. The second kappa shape index (κ2) is 7.78. The largest absolute Gasteiger partial charge is 0.381 e. The lowest BCUT2D eigenvalue weighted by Gasteiger charge is -2.37. The summed E-state index contributed by atoms with van der Waals surface area (Å²) in [4.78, 5) is 32.9. The lowest BCUT2D eigenvalue weighted by atomic mass is 9.71. The van der Waals surface area contributed by atoms with Gasteiger partial charge in [0.05, 0.1) is 24.2 Å². The number of rotatable bonds is 4. The molecule has 0 radical (unpaired) electrons. The van der Waals surface area contributed by atoms with Crippen molar-refractivity contribution in [2.75, 3.05) is 31.6 Å². The van der Waals surface area contributed by atoms with Gasteiger partial charge in [-0.3, -0.25) is 14.6 Å². The van der Waals surface area contributed by atoms with Crippen molar-refractivity contribution in [2.24, 2.45) is 11.3 Å². The van der Waals surface area contributed by atoms with Crippen LogP contribution in [0.25, 0.3) is 0 Å². The van der Waals surface area contributed by atoms with Crippen LogP contribution in [-0.2, 0) is 20.7 Å². The molecular weight excluding hydrogens is 362 g/mol. The molecule has 0 aromatic carbocycles. The van der Waals surface area contributed by atoms with Crippen LogP contribution in [-0.4, -0.2) is 48.0 Å². The van der Waals surface area contributed by atoms with E-state index < -0.39 is 0 Å². The summed E-state index contributed by atoms with van der Waals surface area (Å²) in [6.45, 7) is 2.38. The van der Waals surface area contributed by atoms with Gasteiger partial charge in [-0.25, -0.2) is 0 Å². The van der Waals surface area contributed by atoms with E-state index in [2.05, 4.69) is 10.3 Å². The highest BCUT2D eigenvalue weighted by Gasteiger charge is 2.51. The molecule has 0 bridgehead atoms. The molecule has 1 spiro atoms. The second-order valence-corrected chi connectivity index (χ2v) is 8.32. The Morgan fingerprint density at radius 3 is 2.85 bits per heavy atom. The van der Waals surface area contributed by atoms with Crippen molar-refractivity contribution >= 4 is 28.8 Å². The quantitative estimate of drug-likeness (QED) is 0.878. The van der Waals surface area contributed by atoms with E-state index in [1.807, 2.05) is 28.5 Å². The topological polar surface area (TPSA) is 71.5 Å². The van der Waals surface area contributed by atoms with Gasteiger partial charge in [-0.05, 0) is 36.4 Å². The van der Waals surface area contributed by atoms with E-state index in [0.717, 1.165) is 17.7 Å². The van der Waals surface area contributed by atoms with Gasteiger partial charge in [0, 0.05) is 42.8 Å². The van der Waals surface area contributed by atoms with E-state index in [4.69, 9.17) is 4.74 Å². The van der Waals surface area contributed by atoms with Crippen LogP contribution >= 0.6 is 11.3 Å². The number of nitrogens with zero attached hydrogens (tertiary/aromatic N) is 2. The number of nitrogens with one attached hydrogen (secondary N) is 1. The van der Waals surface area contributed by atoms with Crippen LogP contribution in [0.4, 0.5) is 5.69 Å². The summed E-state index contributed by atoms with van der Waals surface area (Å²) in [7, 11) is 0. The Hall–Kier alpha value is -2.25. The van der Waals surface area contributed by atoms with Gasteiger partial charge in [-0.1, -0.05) is 6.07 Å². The number of thiophene rings is 1. The van der Waals surface area contributed by atoms with Gasteiger partial charge in [0.25, 0.3) is 0 Å². The summed E-state index contributed by atoms with van der Waals surface area (Å²) in [5.74, 6) is -0.162. The molecule has 1 unspecified atom stereocenters. The Kier molecular flexibility index (Phi) is 5.22. The van der Waals surface area contributed by atoms with E-state index in [0.29, 0.717) is 38.4 Å². The van der Waals surface area contributed by atoms with Crippen molar-refractivity contribution in [1.82, 2.24) is 9.88 Å². The number of amides is 2. The van der Waals surface area contributed by atoms with Crippen molar-refractivity contribution in [1.29, 1.82) is 0 Å². The summed E-state index contributed by atoms with van der Waals surface area (Å²) in [5, 5.41) is 4.97. The monoisotopic (exact) mass is 385 g/mol. The van der Waals surface area contributed by atoms with E-state index in [-0.39, 0.29) is 23.1 Å². The van der Waals surface area contributed by atoms with E-state index in [1.165, 1.54) is 0 Å². The summed E-state index contributed by atoms with van der Waals surface area (Å²) in [5.41, 5.74) is 0.489. The molecule has 2 aliphatic heterocycles. The third-order valence-corrected chi connectivity index (χ3v) is 6.52. The molecule has 2 amide bonds. The maximum absolute atomic E-state index is 13.1. The van der Waals surface area contributed by atoms with Crippen LogP contribution < -0.4 is 5.32 Å². The molecule has 2 fully saturated rings. The van der Waals surface area contributed by atoms with Gasteiger partial charge in [0.1, 0.15) is 0 Å². The van der Waals surface area contributed by atoms with Gasteiger partial charge in [-0.15, -0.1) is 11.3 Å². The summed E-state index contributed by atoms with van der Waals surface area (Å²) in [6.07, 6.45) is 5.34. The molecule has 2 aromatic rings. The third-order valence-electron chi connectivity index (χ3n) is 5.64. The fourth-order valence-electron chi connectivity index (χ4n) is 4.14. The molecule has 1 N–H and O–H groups in total. The fraction of sp³-hybridized carbons (Fsp3) is 0.450. The average Bonchev–Trinajstić information content (AvgIpc) is 3.31. The lowest BCUT2D eigenvalue weighted by Crippen LogP contribution is -2.42. The SMILES string of the molecule is O=C(Nc1cccnc1)C1CN(C(=O)Cc2cccs2)CC12CCOCC2. The van der Waals surface area contributed by atoms with Crippen molar-refractivity contribution in [3.05, 3.63) is 46.9 Å². The molecule has 7 heteroatoms. The molecule has 142 valence electrons. The van der Waals surface area contributed by atoms with Gasteiger partial charge >= 0.3 is 0 Å². The maximum Gasteiger partial charge on any atom is 0.229 e. The zero-order valence-electron chi connectivity index (χ0n) is 15.1. The molecule has 4 rings (SSSR count). The summed E-state index contributed by atoms with van der Waals surface area (Å²) < 4.78 is 5.54. The van der Waals surface area contributed by atoms with Crippen LogP contribution in [0.5, 0.6) is 0 Å². The number of hydrogen-bond acceptors (Lipinski definition) is 5. The molecule has 2 saturated heterocycles. The average molecular weight is 385 g/mol. The van der Waals surface area contributed by atoms with Gasteiger partial charge in [-0.2, -0.15) is 0 Å². The number of aromatic nitrogens is 1. The normalized spacial score (nSPS) is 21.3. The van der Waals surface area contributed by atoms with Crippen molar-refractivity contribution < 1.29 is 14.3 Å². The number of carbonyl (C=O) groups is 2. The number of carbonyl (C=O) groups excluding carboxylic acids is 2. The van der Waals surface area contributed by atoms with Crippen LogP contribution in [0.2, 0.25) is 0 Å². The molecular formula is C20H23N3O3S. The number of ether oxygens (including phenoxy) is 1. The minimum atomic E-state index is -0.228. The molecule has 27 heavy (non-hydrogen) atoms. The maximum atomic E-state index is 13.1. The van der Waals surface area contributed by atoms with Gasteiger partial charge < -0.3 is 15.0 Å². The van der Waals surface area contributed by atoms with Crippen LogP contribution in [0.3, 0.4) is 0 Å². The Morgan fingerprint density at radius 2 is 2.15 bits per heavy atom. The van der Waals surface area contributed by atoms with Crippen molar-refractivity contribution in [2.45, 2.75) is 19.3 Å². The Morgan fingerprint density at radius 1 is 1.30 bits per heavy atom. The Labute approximate surface area is 162 Å². The molecule has 0 saturated carbocycles. The highest BCUT2D eigenvalue weighted by molar-refractivity contribution is 7.10. The zero-order chi connectivity index (χ0) is 18.7. The van der Waals surface area contributed by atoms with Crippen LogP contribution in [0, 0.1) is 11.3 Å². The van der Waals surface area contributed by atoms with E-state index in [1.54, 1.807) is 29.8 Å². The third kappa shape index (κ3) is 3.89. The Balaban J connectivity index is 1.51. The lowest BCUT2D eigenvalue weighted by molar-refractivity contribution is -0.130. The van der Waals surface area contributed by atoms with Gasteiger partial charge in [0.2, 0.25) is 11.8 Å². The number of likely N-dealkylation sites (tertiary alicyclic amines) is 1. The van der Waals surface area contributed by atoms with Crippen LogP contribution in [0.1, 0.15) is 17.7 Å². The summed E-state index contributed by atoms with van der Waals surface area (Å²) in [6, 6.07) is 7.57. The highest BCUT2D eigenvalue weighted by atomic mass is 32.1. The molecule has 4 heterocycles. The molecule has 2 aliphatic rings. The predicted octanol–water partition coefficient (Wildman–Crippen LogP) is 2.58. The molecule has 6 nitrogen and oxygen atoms in total. The molecule has 1 atom stereocenters. The summed E-state index contributed by atoms with van der Waals surface area (Å²) >= 11 is 1.59. The second-order valence-electron chi connectivity index (χ2n) is 7.29. The van der Waals surface area contributed by atoms with Crippen molar-refractivity contribution in [3.8, 4) is 0 Å². The minimum absolute atomic E-state index is 0.0312. The van der Waals surface area contributed by atoms with Gasteiger partial charge in [0.15, 0.2) is 0 Å². The van der Waals surface area contributed by atoms with Crippen molar-refractivity contribution in [3.63, 3.8) is 0 Å². The zero-order valence-corrected chi connectivity index (χ0v) is 15.9. The predicted molar refractivity (Wildman–Crippen MR) is 103 cm³/mol. The number of anilines is 1. The van der Waals surface area contributed by atoms with Crippen LogP contribution in [0.15, 0.2) is 42.0 Å². The minimum Gasteiger partial charge on any atom is -0.381 e. The first-order valence-electron chi connectivity index (χ1n) is 9.25. The van der Waals surface area contributed by atoms with E-state index >= 15 is 0 Å². The first-order chi connectivity index (χ1) is 13.2. The highest BCUT2D eigenvalue weighted by Crippen LogP contribution is 2.45. The first kappa shape index (κ1) is 18.1. The molecule has 2 aromatic heterocycles. The standard InChI is InChI=1S/C20H23N3O3S/c24-18(11-16-4-2-10-27-16)23-13-17(20(14-23)5-8-26-9-6-20)19(25)22-15-3-1-7-21-12-15/h1-4,7,10,12,17H,5-6,8-9,11,13-14H2,(H,22,25). The Bertz CT molecular complexity index is 788. The smallest absolute Gasteiger partial charge is 0.229 e. The van der Waals surface area contributed by atoms with E-state index in [9.17, 15) is 9.59 Å². The molecule has 0 aliphatic carbocycles. The first-order valence-corrected chi connectivity index (χ1v) is 10.1.